The van der Waals surface area contributed by atoms with Crippen molar-refractivity contribution in [2.24, 2.45) is 29.6 Å². The maximum atomic E-state index is 4.14. The van der Waals surface area contributed by atoms with Crippen LogP contribution in [0.2, 0.25) is 0 Å². The third-order valence-corrected chi connectivity index (χ3v) is 5.87. The first kappa shape index (κ1) is 11.0. The van der Waals surface area contributed by atoms with Crippen LogP contribution in [0.15, 0.2) is 12.4 Å². The number of aromatic nitrogens is 2. The highest BCUT2D eigenvalue weighted by Crippen LogP contribution is 2.59. The van der Waals surface area contributed by atoms with Crippen LogP contribution in [-0.2, 0) is 0 Å². The van der Waals surface area contributed by atoms with Crippen LogP contribution in [0, 0.1) is 29.6 Å². The van der Waals surface area contributed by atoms with E-state index in [0.717, 1.165) is 29.6 Å². The van der Waals surface area contributed by atoms with Crippen LogP contribution in [0.4, 0.5) is 0 Å². The predicted molar refractivity (Wildman–Crippen MR) is 70.9 cm³/mol. The summed E-state index contributed by atoms with van der Waals surface area (Å²) in [4.78, 5) is 0. The summed E-state index contributed by atoms with van der Waals surface area (Å²) in [6.45, 7) is 0. The van der Waals surface area contributed by atoms with E-state index in [0.29, 0.717) is 6.04 Å². The molecule has 0 saturated heterocycles. The molecule has 4 aliphatic carbocycles. The topological polar surface area (TPSA) is 40.7 Å². The van der Waals surface area contributed by atoms with Gasteiger partial charge in [0.05, 0.1) is 6.20 Å². The lowest BCUT2D eigenvalue weighted by Gasteiger charge is -2.56. The molecular formula is C15H23N3. The van der Waals surface area contributed by atoms with Crippen molar-refractivity contribution >= 4 is 0 Å². The molecular weight excluding hydrogens is 222 g/mol. The molecule has 1 atom stereocenters. The number of nitrogens with one attached hydrogen (secondary N) is 2. The van der Waals surface area contributed by atoms with Gasteiger partial charge in [-0.1, -0.05) is 0 Å². The number of hydrogen-bond acceptors (Lipinski definition) is 2. The van der Waals surface area contributed by atoms with Crippen molar-refractivity contribution in [3.05, 3.63) is 18.0 Å². The second-order valence-corrected chi connectivity index (χ2v) is 6.81. The average molecular weight is 245 g/mol. The number of hydrogen-bond donors (Lipinski definition) is 2. The summed E-state index contributed by atoms with van der Waals surface area (Å²) in [6.07, 6.45) is 11.6. The first-order valence-corrected chi connectivity index (χ1v) is 7.51. The van der Waals surface area contributed by atoms with Crippen molar-refractivity contribution in [1.82, 2.24) is 15.5 Å². The van der Waals surface area contributed by atoms with Gasteiger partial charge in [0.1, 0.15) is 0 Å². The summed E-state index contributed by atoms with van der Waals surface area (Å²) in [5, 5.41) is 10.7. The molecule has 3 nitrogen and oxygen atoms in total. The summed E-state index contributed by atoms with van der Waals surface area (Å²) < 4.78 is 0. The molecule has 2 N–H and O–H groups in total. The van der Waals surface area contributed by atoms with Gasteiger partial charge in [0.2, 0.25) is 0 Å². The van der Waals surface area contributed by atoms with Gasteiger partial charge in [-0.05, 0) is 68.7 Å². The van der Waals surface area contributed by atoms with Crippen molar-refractivity contribution < 1.29 is 0 Å². The van der Waals surface area contributed by atoms with Gasteiger partial charge in [-0.3, -0.25) is 5.10 Å². The third-order valence-electron chi connectivity index (χ3n) is 5.87. The molecule has 4 saturated carbocycles. The molecule has 98 valence electrons. The Morgan fingerprint density at radius 1 is 1.17 bits per heavy atom. The predicted octanol–water partition coefficient (Wildman–Crippen LogP) is 2.74. The van der Waals surface area contributed by atoms with E-state index in [1.165, 1.54) is 37.7 Å². The molecule has 1 aromatic heterocycles. The van der Waals surface area contributed by atoms with Crippen molar-refractivity contribution in [3.8, 4) is 0 Å². The first-order chi connectivity index (χ1) is 8.85. The number of rotatable bonds is 3. The van der Waals surface area contributed by atoms with Crippen LogP contribution in [0.25, 0.3) is 0 Å². The minimum absolute atomic E-state index is 0.513. The van der Waals surface area contributed by atoms with E-state index in [9.17, 15) is 0 Å². The molecule has 4 bridgehead atoms. The zero-order valence-corrected chi connectivity index (χ0v) is 11.1. The van der Waals surface area contributed by atoms with E-state index in [2.05, 4.69) is 28.8 Å². The van der Waals surface area contributed by atoms with Crippen LogP contribution in [0.1, 0.15) is 43.7 Å². The first-order valence-electron chi connectivity index (χ1n) is 7.51. The highest BCUT2D eigenvalue weighted by atomic mass is 15.1. The molecule has 0 aliphatic heterocycles. The average Bonchev–Trinajstić information content (AvgIpc) is 2.86. The minimum atomic E-state index is 0.513. The SMILES string of the molecule is CNC(c1cn[nH]c1)C1C2CC3CC(C2)CC1C3. The molecule has 4 fully saturated rings. The Morgan fingerprint density at radius 2 is 1.83 bits per heavy atom. The smallest absolute Gasteiger partial charge is 0.0535 e. The second-order valence-electron chi connectivity index (χ2n) is 6.81. The maximum absolute atomic E-state index is 4.14. The molecule has 0 amide bonds. The fourth-order valence-electron chi connectivity index (χ4n) is 5.52. The standard InChI is InChI=1S/C15H23N3/c1-16-15(13-7-17-18-8-13)14-11-3-9-2-10(5-11)6-12(14)4-9/h7-12,14-16H,2-6H2,1H3,(H,17,18). The van der Waals surface area contributed by atoms with Crippen molar-refractivity contribution in [1.29, 1.82) is 0 Å². The molecule has 1 aromatic rings. The van der Waals surface area contributed by atoms with Gasteiger partial charge in [-0.2, -0.15) is 5.10 Å². The Balaban J connectivity index is 1.64. The molecule has 0 aromatic carbocycles. The molecule has 3 heteroatoms. The van der Waals surface area contributed by atoms with Crippen LogP contribution < -0.4 is 5.32 Å². The molecule has 4 aliphatic rings. The zero-order chi connectivity index (χ0) is 12.1. The van der Waals surface area contributed by atoms with Crippen LogP contribution in [0.5, 0.6) is 0 Å². The lowest BCUT2D eigenvalue weighted by molar-refractivity contribution is -0.0515. The zero-order valence-electron chi connectivity index (χ0n) is 11.1. The Bertz CT molecular complexity index is 383. The maximum Gasteiger partial charge on any atom is 0.0535 e. The minimum Gasteiger partial charge on any atom is -0.313 e. The van der Waals surface area contributed by atoms with E-state index in [-0.39, 0.29) is 0 Å². The van der Waals surface area contributed by atoms with Gasteiger partial charge in [0, 0.05) is 17.8 Å². The molecule has 18 heavy (non-hydrogen) atoms. The van der Waals surface area contributed by atoms with Crippen LogP contribution in [0.3, 0.4) is 0 Å². The lowest BCUT2D eigenvalue weighted by atomic mass is 9.50. The second kappa shape index (κ2) is 4.09. The Labute approximate surface area is 109 Å². The summed E-state index contributed by atoms with van der Waals surface area (Å²) in [5.41, 5.74) is 1.36. The number of H-pyrrole nitrogens is 1. The number of nitrogens with zero attached hydrogens (tertiary/aromatic N) is 1. The van der Waals surface area contributed by atoms with Crippen LogP contribution >= 0.6 is 0 Å². The number of aromatic amines is 1. The van der Waals surface area contributed by atoms with Gasteiger partial charge in [0.25, 0.3) is 0 Å². The molecule has 1 heterocycles. The van der Waals surface area contributed by atoms with E-state index in [1.807, 2.05) is 6.20 Å². The summed E-state index contributed by atoms with van der Waals surface area (Å²) in [7, 11) is 2.11. The van der Waals surface area contributed by atoms with Crippen LogP contribution in [-0.4, -0.2) is 17.2 Å². The molecule has 0 radical (unpaired) electrons. The summed E-state index contributed by atoms with van der Waals surface area (Å²) in [5.74, 6) is 4.90. The molecule has 0 spiro atoms. The Hall–Kier alpha value is -0.830. The van der Waals surface area contributed by atoms with Gasteiger partial charge >= 0.3 is 0 Å². The molecule has 1 unspecified atom stereocenters. The largest absolute Gasteiger partial charge is 0.313 e. The highest BCUT2D eigenvalue weighted by molar-refractivity contribution is 5.14. The summed E-state index contributed by atoms with van der Waals surface area (Å²) in [6, 6.07) is 0.513. The quantitative estimate of drug-likeness (QED) is 0.859. The van der Waals surface area contributed by atoms with Gasteiger partial charge in [0.15, 0.2) is 0 Å². The van der Waals surface area contributed by atoms with Gasteiger partial charge in [-0.15, -0.1) is 0 Å². The van der Waals surface area contributed by atoms with Crippen molar-refractivity contribution in [2.75, 3.05) is 7.05 Å². The van der Waals surface area contributed by atoms with Gasteiger partial charge in [-0.25, -0.2) is 0 Å². The fourth-order valence-corrected chi connectivity index (χ4v) is 5.52. The van der Waals surface area contributed by atoms with E-state index < -0.39 is 0 Å². The lowest BCUT2D eigenvalue weighted by Crippen LogP contribution is -2.49. The normalized spacial score (nSPS) is 43.3. The summed E-state index contributed by atoms with van der Waals surface area (Å²) >= 11 is 0. The molecule has 5 rings (SSSR count). The Morgan fingerprint density at radius 3 is 2.33 bits per heavy atom. The van der Waals surface area contributed by atoms with Crippen molar-refractivity contribution in [2.45, 2.75) is 38.1 Å². The highest BCUT2D eigenvalue weighted by Gasteiger charge is 2.50. The van der Waals surface area contributed by atoms with Gasteiger partial charge < -0.3 is 5.32 Å². The Kier molecular flexibility index (Phi) is 2.51. The van der Waals surface area contributed by atoms with E-state index in [1.54, 1.807) is 0 Å². The van der Waals surface area contributed by atoms with Crippen molar-refractivity contribution in [3.63, 3.8) is 0 Å². The van der Waals surface area contributed by atoms with E-state index in [4.69, 9.17) is 0 Å². The van der Waals surface area contributed by atoms with E-state index >= 15 is 0 Å². The fraction of sp³-hybridized carbons (Fsp3) is 0.800. The monoisotopic (exact) mass is 245 g/mol. The third kappa shape index (κ3) is 1.56.